The Labute approximate surface area is 127 Å². The van der Waals surface area contributed by atoms with Gasteiger partial charge in [-0.2, -0.15) is 0 Å². The SMILES string of the molecule is Cc1ccccc1-c1ccc(CN2CCNCC2)c(C)n1. The second-order valence-corrected chi connectivity index (χ2v) is 5.78. The minimum atomic E-state index is 1.01. The lowest BCUT2D eigenvalue weighted by Gasteiger charge is -2.27. The molecule has 21 heavy (non-hydrogen) atoms. The van der Waals surface area contributed by atoms with Gasteiger partial charge in [-0.05, 0) is 31.0 Å². The number of rotatable bonds is 3. The summed E-state index contributed by atoms with van der Waals surface area (Å²) in [5.41, 5.74) is 6.08. The van der Waals surface area contributed by atoms with Crippen LogP contribution in [0.2, 0.25) is 0 Å². The van der Waals surface area contributed by atoms with Crippen molar-refractivity contribution in [3.05, 3.63) is 53.2 Å². The minimum Gasteiger partial charge on any atom is -0.314 e. The lowest BCUT2D eigenvalue weighted by molar-refractivity contribution is 0.232. The third-order valence-corrected chi connectivity index (χ3v) is 4.22. The molecule has 0 unspecified atom stereocenters. The van der Waals surface area contributed by atoms with Crippen LogP contribution in [-0.2, 0) is 6.54 Å². The van der Waals surface area contributed by atoms with Gasteiger partial charge in [0.15, 0.2) is 0 Å². The molecule has 1 N–H and O–H groups in total. The van der Waals surface area contributed by atoms with Gasteiger partial charge < -0.3 is 5.32 Å². The molecule has 1 aromatic heterocycles. The van der Waals surface area contributed by atoms with Crippen molar-refractivity contribution in [2.45, 2.75) is 20.4 Å². The summed E-state index contributed by atoms with van der Waals surface area (Å²) in [7, 11) is 0. The predicted molar refractivity (Wildman–Crippen MR) is 87.3 cm³/mol. The molecular weight excluding hydrogens is 258 g/mol. The van der Waals surface area contributed by atoms with Gasteiger partial charge in [0.1, 0.15) is 0 Å². The van der Waals surface area contributed by atoms with Crippen LogP contribution in [0.1, 0.15) is 16.8 Å². The first kappa shape index (κ1) is 14.2. The fourth-order valence-corrected chi connectivity index (χ4v) is 2.88. The molecule has 0 amide bonds. The van der Waals surface area contributed by atoms with Crippen LogP contribution in [0.4, 0.5) is 0 Å². The molecule has 0 bridgehead atoms. The largest absolute Gasteiger partial charge is 0.314 e. The van der Waals surface area contributed by atoms with Crippen LogP contribution >= 0.6 is 0 Å². The number of nitrogens with one attached hydrogen (secondary N) is 1. The Kier molecular flexibility index (Phi) is 4.32. The summed E-state index contributed by atoms with van der Waals surface area (Å²) in [5, 5.41) is 3.39. The van der Waals surface area contributed by atoms with E-state index in [-0.39, 0.29) is 0 Å². The number of aryl methyl sites for hydroxylation is 2. The summed E-state index contributed by atoms with van der Waals surface area (Å²) < 4.78 is 0. The number of hydrogen-bond donors (Lipinski definition) is 1. The quantitative estimate of drug-likeness (QED) is 0.937. The molecule has 1 aliphatic rings. The van der Waals surface area contributed by atoms with Crippen molar-refractivity contribution >= 4 is 0 Å². The molecule has 1 aromatic carbocycles. The van der Waals surface area contributed by atoms with Gasteiger partial charge in [0.25, 0.3) is 0 Å². The average molecular weight is 281 g/mol. The molecule has 2 aromatic rings. The van der Waals surface area contributed by atoms with Crippen molar-refractivity contribution in [1.82, 2.24) is 15.2 Å². The van der Waals surface area contributed by atoms with Gasteiger partial charge in [-0.3, -0.25) is 9.88 Å². The highest BCUT2D eigenvalue weighted by atomic mass is 15.2. The zero-order valence-electron chi connectivity index (χ0n) is 12.9. The second-order valence-electron chi connectivity index (χ2n) is 5.78. The van der Waals surface area contributed by atoms with E-state index in [1.54, 1.807) is 0 Å². The predicted octanol–water partition coefficient (Wildman–Crippen LogP) is 2.77. The maximum Gasteiger partial charge on any atom is 0.0708 e. The van der Waals surface area contributed by atoms with E-state index in [9.17, 15) is 0 Å². The molecule has 0 saturated carbocycles. The van der Waals surface area contributed by atoms with Gasteiger partial charge in [0.05, 0.1) is 5.69 Å². The van der Waals surface area contributed by atoms with Crippen molar-refractivity contribution in [3.63, 3.8) is 0 Å². The molecule has 0 aliphatic carbocycles. The Balaban J connectivity index is 1.81. The third kappa shape index (κ3) is 3.31. The van der Waals surface area contributed by atoms with E-state index in [1.807, 2.05) is 0 Å². The highest BCUT2D eigenvalue weighted by Crippen LogP contribution is 2.23. The lowest BCUT2D eigenvalue weighted by Crippen LogP contribution is -2.43. The smallest absolute Gasteiger partial charge is 0.0708 e. The molecule has 3 heteroatoms. The van der Waals surface area contributed by atoms with E-state index in [4.69, 9.17) is 4.98 Å². The Morgan fingerprint density at radius 2 is 1.81 bits per heavy atom. The summed E-state index contributed by atoms with van der Waals surface area (Å²) in [6.07, 6.45) is 0. The number of piperazine rings is 1. The molecule has 1 saturated heterocycles. The van der Waals surface area contributed by atoms with E-state index < -0.39 is 0 Å². The first-order valence-electron chi connectivity index (χ1n) is 7.69. The third-order valence-electron chi connectivity index (χ3n) is 4.22. The topological polar surface area (TPSA) is 28.2 Å². The van der Waals surface area contributed by atoms with Crippen LogP contribution in [-0.4, -0.2) is 36.1 Å². The number of nitrogens with zero attached hydrogens (tertiary/aromatic N) is 2. The van der Waals surface area contributed by atoms with Crippen molar-refractivity contribution in [3.8, 4) is 11.3 Å². The van der Waals surface area contributed by atoms with Crippen LogP contribution in [0.25, 0.3) is 11.3 Å². The second kappa shape index (κ2) is 6.37. The number of benzene rings is 1. The van der Waals surface area contributed by atoms with E-state index in [0.717, 1.165) is 44.1 Å². The summed E-state index contributed by atoms with van der Waals surface area (Å²) in [5.74, 6) is 0. The van der Waals surface area contributed by atoms with Gasteiger partial charge in [-0.15, -0.1) is 0 Å². The highest BCUT2D eigenvalue weighted by Gasteiger charge is 2.12. The molecule has 0 atom stereocenters. The average Bonchev–Trinajstić information content (AvgIpc) is 2.51. The first-order chi connectivity index (χ1) is 10.2. The summed E-state index contributed by atoms with van der Waals surface area (Å²) >= 11 is 0. The summed E-state index contributed by atoms with van der Waals surface area (Å²) in [4.78, 5) is 7.32. The number of aromatic nitrogens is 1. The zero-order valence-corrected chi connectivity index (χ0v) is 12.9. The molecule has 0 spiro atoms. The van der Waals surface area contributed by atoms with Gasteiger partial charge in [-0.25, -0.2) is 0 Å². The highest BCUT2D eigenvalue weighted by molar-refractivity contribution is 5.63. The van der Waals surface area contributed by atoms with Crippen molar-refractivity contribution in [1.29, 1.82) is 0 Å². The van der Waals surface area contributed by atoms with E-state index in [1.165, 1.54) is 16.7 Å². The number of pyridine rings is 1. The molecular formula is C18H23N3. The van der Waals surface area contributed by atoms with Crippen LogP contribution in [0.15, 0.2) is 36.4 Å². The minimum absolute atomic E-state index is 1.01. The molecule has 1 fully saturated rings. The van der Waals surface area contributed by atoms with E-state index >= 15 is 0 Å². The fourth-order valence-electron chi connectivity index (χ4n) is 2.88. The zero-order chi connectivity index (χ0) is 14.7. The first-order valence-corrected chi connectivity index (χ1v) is 7.69. The number of hydrogen-bond acceptors (Lipinski definition) is 3. The standard InChI is InChI=1S/C18H23N3/c1-14-5-3-4-6-17(14)18-8-7-16(15(2)20-18)13-21-11-9-19-10-12-21/h3-8,19H,9-13H2,1-2H3. The molecule has 3 rings (SSSR count). The van der Waals surface area contributed by atoms with Crippen LogP contribution in [0.5, 0.6) is 0 Å². The molecule has 2 heterocycles. The van der Waals surface area contributed by atoms with Crippen LogP contribution in [0, 0.1) is 13.8 Å². The Morgan fingerprint density at radius 3 is 2.52 bits per heavy atom. The Hall–Kier alpha value is -1.71. The lowest BCUT2D eigenvalue weighted by atomic mass is 10.0. The monoisotopic (exact) mass is 281 g/mol. The van der Waals surface area contributed by atoms with Gasteiger partial charge >= 0.3 is 0 Å². The van der Waals surface area contributed by atoms with Crippen molar-refractivity contribution in [2.75, 3.05) is 26.2 Å². The van der Waals surface area contributed by atoms with Crippen LogP contribution in [0.3, 0.4) is 0 Å². The molecule has 0 radical (unpaired) electrons. The molecule has 3 nitrogen and oxygen atoms in total. The van der Waals surface area contributed by atoms with E-state index in [2.05, 4.69) is 60.5 Å². The van der Waals surface area contributed by atoms with Gasteiger partial charge in [0.2, 0.25) is 0 Å². The van der Waals surface area contributed by atoms with Gasteiger partial charge in [-0.1, -0.05) is 30.3 Å². The van der Waals surface area contributed by atoms with Crippen molar-refractivity contribution < 1.29 is 0 Å². The van der Waals surface area contributed by atoms with Crippen LogP contribution < -0.4 is 5.32 Å². The maximum absolute atomic E-state index is 4.83. The van der Waals surface area contributed by atoms with Gasteiger partial charge in [0, 0.05) is 44.0 Å². The summed E-state index contributed by atoms with van der Waals surface area (Å²) in [6.45, 7) is 9.70. The Morgan fingerprint density at radius 1 is 1.05 bits per heavy atom. The Bertz CT molecular complexity index is 616. The molecule has 110 valence electrons. The van der Waals surface area contributed by atoms with E-state index in [0.29, 0.717) is 0 Å². The maximum atomic E-state index is 4.83. The fraction of sp³-hybridized carbons (Fsp3) is 0.389. The summed E-state index contributed by atoms with van der Waals surface area (Å²) in [6, 6.07) is 12.8. The normalized spacial score (nSPS) is 16.1. The molecule has 1 aliphatic heterocycles. The van der Waals surface area contributed by atoms with Crippen molar-refractivity contribution in [2.24, 2.45) is 0 Å².